The second kappa shape index (κ2) is 7.19. The number of nitrogens with one attached hydrogen (secondary N) is 1. The van der Waals surface area contributed by atoms with Crippen molar-refractivity contribution in [3.8, 4) is 6.07 Å². The Morgan fingerprint density at radius 1 is 1.56 bits per heavy atom. The van der Waals surface area contributed by atoms with Crippen LogP contribution in [0.5, 0.6) is 0 Å². The highest BCUT2D eigenvalue weighted by molar-refractivity contribution is 7.16. The maximum absolute atomic E-state index is 11.7. The number of hydrogen-bond donors (Lipinski definition) is 1. The zero-order valence-electron chi connectivity index (χ0n) is 10.4. The average molecular weight is 287 g/mol. The lowest BCUT2D eigenvalue weighted by atomic mass is 10.3. The minimum absolute atomic E-state index is 0.107. The molecule has 0 fully saturated rings. The van der Waals surface area contributed by atoms with Gasteiger partial charge in [0.25, 0.3) is 0 Å². The van der Waals surface area contributed by atoms with Crippen molar-refractivity contribution < 1.29 is 4.79 Å². The Morgan fingerprint density at radius 2 is 2.22 bits per heavy atom. The molecule has 0 spiro atoms. The smallest absolute Gasteiger partial charge is 0.224 e. The number of halogens is 1. The Hall–Kier alpha value is -1.32. The van der Waals surface area contributed by atoms with Crippen LogP contribution < -0.4 is 5.32 Å². The van der Waals surface area contributed by atoms with E-state index in [1.165, 1.54) is 11.3 Å². The van der Waals surface area contributed by atoms with E-state index in [0.29, 0.717) is 23.0 Å². The third-order valence-corrected chi connectivity index (χ3v) is 3.72. The molecule has 0 radical (unpaired) electrons. The number of amides is 1. The van der Waals surface area contributed by atoms with Crippen LogP contribution in [0.4, 0.5) is 5.13 Å². The van der Waals surface area contributed by atoms with Crippen LogP contribution in [0.1, 0.15) is 25.1 Å². The van der Waals surface area contributed by atoms with E-state index in [0.717, 1.165) is 13.1 Å². The van der Waals surface area contributed by atoms with Gasteiger partial charge in [-0.2, -0.15) is 5.26 Å². The predicted molar refractivity (Wildman–Crippen MR) is 72.9 cm³/mol. The number of rotatable bonds is 6. The Balaban J connectivity index is 2.42. The molecule has 0 aromatic carbocycles. The van der Waals surface area contributed by atoms with Gasteiger partial charge in [0.2, 0.25) is 5.91 Å². The van der Waals surface area contributed by atoms with Crippen molar-refractivity contribution in [1.82, 2.24) is 9.88 Å². The van der Waals surface area contributed by atoms with E-state index in [4.69, 9.17) is 16.9 Å². The number of nitriles is 1. The molecule has 1 aromatic rings. The number of aromatic nitrogens is 1. The van der Waals surface area contributed by atoms with E-state index in [1.54, 1.807) is 4.90 Å². The first-order valence-corrected chi connectivity index (χ1v) is 6.89. The number of carbonyl (C=O) groups is 1. The lowest BCUT2D eigenvalue weighted by Gasteiger charge is -2.18. The largest absolute Gasteiger partial charge is 0.361 e. The average Bonchev–Trinajstić information content (AvgIpc) is 2.71. The molecule has 7 heteroatoms. The molecule has 0 aliphatic carbocycles. The zero-order valence-corrected chi connectivity index (χ0v) is 11.9. The van der Waals surface area contributed by atoms with Crippen LogP contribution in [0.25, 0.3) is 0 Å². The first-order chi connectivity index (χ1) is 8.62. The van der Waals surface area contributed by atoms with Gasteiger partial charge in [-0.3, -0.25) is 4.79 Å². The molecular weight excluding hydrogens is 272 g/mol. The van der Waals surface area contributed by atoms with Crippen LogP contribution in [0, 0.1) is 11.3 Å². The fraction of sp³-hybridized carbons (Fsp3) is 0.545. The number of carbonyl (C=O) groups excluding carboxylic acids is 1. The summed E-state index contributed by atoms with van der Waals surface area (Å²) in [6.07, 6.45) is 0.404. The van der Waals surface area contributed by atoms with Crippen LogP contribution in [-0.4, -0.2) is 35.4 Å². The molecule has 0 atom stereocenters. The lowest BCUT2D eigenvalue weighted by Crippen LogP contribution is -2.31. The van der Waals surface area contributed by atoms with Crippen LogP contribution in [0.15, 0.2) is 0 Å². The third kappa shape index (κ3) is 3.86. The first-order valence-electron chi connectivity index (χ1n) is 5.70. The summed E-state index contributed by atoms with van der Waals surface area (Å²) in [6, 6.07) is 1.96. The molecule has 0 saturated carbocycles. The highest BCUT2D eigenvalue weighted by atomic mass is 35.5. The van der Waals surface area contributed by atoms with Crippen molar-refractivity contribution in [1.29, 1.82) is 5.26 Å². The summed E-state index contributed by atoms with van der Waals surface area (Å²) in [5, 5.41) is 12.5. The predicted octanol–water partition coefficient (Wildman–Crippen LogP) is 2.34. The van der Waals surface area contributed by atoms with Crippen LogP contribution in [-0.2, 0) is 4.79 Å². The van der Waals surface area contributed by atoms with Gasteiger partial charge in [-0.05, 0) is 13.8 Å². The fourth-order valence-corrected chi connectivity index (χ4v) is 2.43. The molecule has 0 aliphatic heterocycles. The standard InChI is InChI=1S/C11H15ClN4OS/c1-3-16(4-2)9(17)5-6-14-11-15-10(12)8(7-13)18-11/h3-6H2,1-2H3,(H,14,15). The van der Waals surface area contributed by atoms with Gasteiger partial charge in [0.05, 0.1) is 0 Å². The summed E-state index contributed by atoms with van der Waals surface area (Å²) in [6.45, 7) is 5.83. The number of thiazole rings is 1. The molecule has 0 aliphatic rings. The number of hydrogen-bond acceptors (Lipinski definition) is 5. The normalized spacial score (nSPS) is 9.89. The van der Waals surface area contributed by atoms with E-state index in [-0.39, 0.29) is 11.1 Å². The maximum atomic E-state index is 11.7. The van der Waals surface area contributed by atoms with Crippen molar-refractivity contribution >= 4 is 34.0 Å². The first kappa shape index (κ1) is 14.7. The fourth-order valence-electron chi connectivity index (χ4n) is 1.46. The minimum atomic E-state index is 0.107. The molecule has 18 heavy (non-hydrogen) atoms. The minimum Gasteiger partial charge on any atom is -0.361 e. The topological polar surface area (TPSA) is 69.0 Å². The summed E-state index contributed by atoms with van der Waals surface area (Å²) < 4.78 is 0. The Kier molecular flexibility index (Phi) is 5.89. The van der Waals surface area contributed by atoms with Crippen molar-refractivity contribution in [3.05, 3.63) is 10.0 Å². The van der Waals surface area contributed by atoms with Gasteiger partial charge in [-0.15, -0.1) is 0 Å². The summed E-state index contributed by atoms with van der Waals surface area (Å²) in [4.78, 5) is 17.9. The van der Waals surface area contributed by atoms with E-state index >= 15 is 0 Å². The second-order valence-corrected chi connectivity index (χ2v) is 4.85. The Bertz CT molecular complexity index is 450. The third-order valence-electron chi connectivity index (χ3n) is 2.42. The quantitative estimate of drug-likeness (QED) is 0.871. The van der Waals surface area contributed by atoms with E-state index in [1.807, 2.05) is 19.9 Å². The van der Waals surface area contributed by atoms with Crippen molar-refractivity contribution in [2.75, 3.05) is 25.0 Å². The van der Waals surface area contributed by atoms with Gasteiger partial charge in [-0.25, -0.2) is 4.98 Å². The second-order valence-electron chi connectivity index (χ2n) is 3.49. The summed E-state index contributed by atoms with van der Waals surface area (Å²) >= 11 is 6.93. The maximum Gasteiger partial charge on any atom is 0.224 e. The molecule has 0 bridgehead atoms. The van der Waals surface area contributed by atoms with Gasteiger partial charge in [0.1, 0.15) is 10.9 Å². The highest BCUT2D eigenvalue weighted by Gasteiger charge is 2.11. The van der Waals surface area contributed by atoms with Crippen LogP contribution in [0.3, 0.4) is 0 Å². The van der Waals surface area contributed by atoms with Crippen molar-refractivity contribution in [2.24, 2.45) is 0 Å². The summed E-state index contributed by atoms with van der Waals surface area (Å²) in [5.74, 6) is 0.107. The number of anilines is 1. The van der Waals surface area contributed by atoms with Crippen molar-refractivity contribution in [3.63, 3.8) is 0 Å². The van der Waals surface area contributed by atoms with E-state index in [9.17, 15) is 4.79 Å². The molecule has 1 amide bonds. The van der Waals surface area contributed by atoms with Crippen molar-refractivity contribution in [2.45, 2.75) is 20.3 Å². The lowest BCUT2D eigenvalue weighted by molar-refractivity contribution is -0.130. The van der Waals surface area contributed by atoms with Gasteiger partial charge in [0, 0.05) is 26.1 Å². The number of nitrogens with zero attached hydrogens (tertiary/aromatic N) is 3. The monoisotopic (exact) mass is 286 g/mol. The molecule has 1 heterocycles. The molecule has 0 saturated heterocycles. The molecule has 1 N–H and O–H groups in total. The molecule has 0 unspecified atom stereocenters. The van der Waals surface area contributed by atoms with E-state index < -0.39 is 0 Å². The van der Waals surface area contributed by atoms with Gasteiger partial charge in [-0.1, -0.05) is 22.9 Å². The van der Waals surface area contributed by atoms with Crippen LogP contribution >= 0.6 is 22.9 Å². The highest BCUT2D eigenvalue weighted by Crippen LogP contribution is 2.25. The molecule has 98 valence electrons. The Labute approximate surface area is 115 Å². The molecule has 1 aromatic heterocycles. The molecule has 5 nitrogen and oxygen atoms in total. The summed E-state index contributed by atoms with van der Waals surface area (Å²) in [7, 11) is 0. The van der Waals surface area contributed by atoms with E-state index in [2.05, 4.69) is 10.3 Å². The Morgan fingerprint density at radius 3 is 2.72 bits per heavy atom. The summed E-state index contributed by atoms with van der Waals surface area (Å²) in [5.41, 5.74) is 0. The molecule has 1 rings (SSSR count). The SMILES string of the molecule is CCN(CC)C(=O)CCNc1nc(Cl)c(C#N)s1. The van der Waals surface area contributed by atoms with Gasteiger partial charge >= 0.3 is 0 Å². The van der Waals surface area contributed by atoms with Gasteiger partial charge in [0.15, 0.2) is 10.3 Å². The van der Waals surface area contributed by atoms with Crippen LogP contribution in [0.2, 0.25) is 5.15 Å². The molecular formula is C11H15ClN4OS. The van der Waals surface area contributed by atoms with Gasteiger partial charge < -0.3 is 10.2 Å². The zero-order chi connectivity index (χ0) is 13.5.